The van der Waals surface area contributed by atoms with Crippen molar-refractivity contribution in [2.24, 2.45) is 5.14 Å². The predicted molar refractivity (Wildman–Crippen MR) is 103 cm³/mol. The molecule has 1 fully saturated rings. The Morgan fingerprint density at radius 3 is 2.66 bits per heavy atom. The van der Waals surface area contributed by atoms with E-state index in [0.29, 0.717) is 21.6 Å². The molecule has 1 saturated carbocycles. The Hall–Kier alpha value is -2.30. The molecule has 0 saturated heterocycles. The molecule has 2 aromatic heterocycles. The van der Waals surface area contributed by atoms with Crippen LogP contribution < -0.4 is 9.88 Å². The van der Waals surface area contributed by atoms with Crippen molar-refractivity contribution in [2.45, 2.75) is 36.5 Å². The fourth-order valence-electron chi connectivity index (χ4n) is 3.35. The molecule has 29 heavy (non-hydrogen) atoms. The van der Waals surface area contributed by atoms with Gasteiger partial charge in [-0.1, -0.05) is 11.6 Å². The van der Waals surface area contributed by atoms with Crippen molar-refractivity contribution < 1.29 is 21.9 Å². The van der Waals surface area contributed by atoms with Crippen LogP contribution in [0, 0.1) is 0 Å². The molecule has 1 aromatic carbocycles. The Morgan fingerprint density at radius 1 is 1.34 bits per heavy atom. The van der Waals surface area contributed by atoms with Crippen LogP contribution in [0.25, 0.3) is 16.9 Å². The van der Waals surface area contributed by atoms with Gasteiger partial charge in [-0.25, -0.2) is 27.3 Å². The van der Waals surface area contributed by atoms with Gasteiger partial charge in [0.1, 0.15) is 4.90 Å². The minimum Gasteiger partial charge on any atom is -0.481 e. The summed E-state index contributed by atoms with van der Waals surface area (Å²) in [6.07, 6.45) is -0.131. The summed E-state index contributed by atoms with van der Waals surface area (Å²) in [6, 6.07) is 4.65. The lowest BCUT2D eigenvalue weighted by Crippen LogP contribution is -2.12. The van der Waals surface area contributed by atoms with Crippen molar-refractivity contribution in [1.82, 2.24) is 14.5 Å². The molecule has 0 radical (unpaired) electrons. The molecule has 0 bridgehead atoms. The van der Waals surface area contributed by atoms with Crippen molar-refractivity contribution in [1.29, 1.82) is 0 Å². The molecule has 0 aliphatic heterocycles. The molecule has 1 aliphatic carbocycles. The fourth-order valence-corrected chi connectivity index (χ4v) is 4.24. The van der Waals surface area contributed by atoms with Crippen molar-refractivity contribution in [3.8, 4) is 11.8 Å². The summed E-state index contributed by atoms with van der Waals surface area (Å²) in [4.78, 5) is 8.67. The highest BCUT2D eigenvalue weighted by atomic mass is 35.5. The number of fused-ring (bicyclic) bond motifs is 1. The normalized spacial score (nSPS) is 14.7. The Morgan fingerprint density at radius 2 is 2.07 bits per heavy atom. The minimum absolute atomic E-state index is 0.0400. The van der Waals surface area contributed by atoms with Crippen molar-refractivity contribution in [3.05, 3.63) is 40.7 Å². The summed E-state index contributed by atoms with van der Waals surface area (Å²) in [5, 5.41) is 6.08. The first-order valence-corrected chi connectivity index (χ1v) is 10.7. The van der Waals surface area contributed by atoms with E-state index in [1.807, 2.05) is 0 Å². The topological polar surface area (TPSA) is 100 Å². The highest BCUT2D eigenvalue weighted by Gasteiger charge is 2.32. The van der Waals surface area contributed by atoms with E-state index < -0.39 is 22.9 Å². The number of nitrogens with zero attached hydrogens (tertiary/aromatic N) is 3. The van der Waals surface area contributed by atoms with Crippen molar-refractivity contribution >= 4 is 32.5 Å². The summed E-state index contributed by atoms with van der Waals surface area (Å²) in [7, 11) is -2.69. The molecule has 0 amide bonds. The molecule has 7 nitrogen and oxygen atoms in total. The van der Waals surface area contributed by atoms with Gasteiger partial charge in [-0.05, 0) is 31.0 Å². The number of methoxy groups -OCH3 is 1. The third-order valence-electron chi connectivity index (χ3n) is 4.76. The fraction of sp³-hybridized carbons (Fsp3) is 0.333. The standard InChI is InChI=1S/C18H17ClF2N4O3S/c1-28-17-12(7-15(20)21)16(9-2-3-9)23-18(24-17)25-8-14(29(22,26)27)11-5-4-10(19)6-13(11)25/h4-6,8-9,15H,2-3,7H2,1H3,(H2,22,26,27). The van der Waals surface area contributed by atoms with E-state index in [4.69, 9.17) is 21.5 Å². The van der Waals surface area contributed by atoms with Gasteiger partial charge in [0, 0.05) is 34.5 Å². The van der Waals surface area contributed by atoms with E-state index in [9.17, 15) is 17.2 Å². The van der Waals surface area contributed by atoms with Crippen LogP contribution >= 0.6 is 11.6 Å². The van der Waals surface area contributed by atoms with Gasteiger partial charge in [-0.15, -0.1) is 0 Å². The van der Waals surface area contributed by atoms with Crippen LogP contribution in [0.3, 0.4) is 0 Å². The lowest BCUT2D eigenvalue weighted by molar-refractivity contribution is 0.147. The number of benzene rings is 1. The zero-order valence-corrected chi connectivity index (χ0v) is 16.8. The second-order valence-electron chi connectivity index (χ2n) is 6.84. The Balaban J connectivity index is 1.99. The summed E-state index contributed by atoms with van der Waals surface area (Å²) in [6.45, 7) is 0. The summed E-state index contributed by atoms with van der Waals surface area (Å²) in [5.74, 6) is 0.185. The maximum absolute atomic E-state index is 13.1. The third kappa shape index (κ3) is 3.79. The number of sulfonamides is 1. The van der Waals surface area contributed by atoms with Gasteiger partial charge in [0.2, 0.25) is 28.3 Å². The molecule has 0 spiro atoms. The largest absolute Gasteiger partial charge is 0.481 e. The highest BCUT2D eigenvalue weighted by molar-refractivity contribution is 7.89. The average Bonchev–Trinajstić information content (AvgIpc) is 3.41. The second-order valence-corrected chi connectivity index (χ2v) is 8.80. The summed E-state index contributed by atoms with van der Waals surface area (Å²) >= 11 is 6.09. The molecular formula is C18H17ClF2N4O3S. The molecular weight excluding hydrogens is 426 g/mol. The highest BCUT2D eigenvalue weighted by Crippen LogP contribution is 2.43. The monoisotopic (exact) mass is 442 g/mol. The smallest absolute Gasteiger partial charge is 0.242 e. The number of hydrogen-bond donors (Lipinski definition) is 1. The van der Waals surface area contributed by atoms with Crippen LogP contribution in [-0.2, 0) is 16.4 Å². The first kappa shape index (κ1) is 20.0. The Bertz CT molecular complexity index is 1210. The summed E-state index contributed by atoms with van der Waals surface area (Å²) < 4.78 is 57.0. The number of ether oxygens (including phenoxy) is 1. The van der Waals surface area contributed by atoms with Crippen LogP contribution in [0.2, 0.25) is 5.02 Å². The van der Waals surface area contributed by atoms with Gasteiger partial charge < -0.3 is 4.74 Å². The predicted octanol–water partition coefficient (Wildman–Crippen LogP) is 3.41. The van der Waals surface area contributed by atoms with E-state index in [-0.39, 0.29) is 28.2 Å². The molecule has 4 rings (SSSR count). The lowest BCUT2D eigenvalue weighted by atomic mass is 10.1. The van der Waals surface area contributed by atoms with E-state index in [1.165, 1.54) is 23.9 Å². The molecule has 11 heteroatoms. The number of nitrogens with two attached hydrogens (primary N) is 1. The molecule has 2 heterocycles. The zero-order valence-electron chi connectivity index (χ0n) is 15.3. The van der Waals surface area contributed by atoms with E-state index in [1.54, 1.807) is 12.1 Å². The SMILES string of the molecule is COc1nc(-n2cc(S(N)(=O)=O)c3ccc(Cl)cc32)nc(C2CC2)c1CC(F)F. The molecule has 154 valence electrons. The van der Waals surface area contributed by atoms with Gasteiger partial charge in [-0.3, -0.25) is 4.57 Å². The number of halogens is 3. The average molecular weight is 443 g/mol. The first-order chi connectivity index (χ1) is 13.7. The maximum Gasteiger partial charge on any atom is 0.242 e. The lowest BCUT2D eigenvalue weighted by Gasteiger charge is -2.14. The van der Waals surface area contributed by atoms with Gasteiger partial charge in [0.25, 0.3) is 0 Å². The second kappa shape index (κ2) is 7.19. The van der Waals surface area contributed by atoms with Crippen molar-refractivity contribution in [3.63, 3.8) is 0 Å². The minimum atomic E-state index is -4.03. The Labute approximate surface area is 170 Å². The van der Waals surface area contributed by atoms with Crippen LogP contribution in [0.1, 0.15) is 30.0 Å². The number of alkyl halides is 2. The van der Waals surface area contributed by atoms with Crippen LogP contribution in [-0.4, -0.2) is 36.5 Å². The van der Waals surface area contributed by atoms with Crippen LogP contribution in [0.15, 0.2) is 29.3 Å². The third-order valence-corrected chi connectivity index (χ3v) is 5.93. The first-order valence-electron chi connectivity index (χ1n) is 8.75. The zero-order chi connectivity index (χ0) is 20.9. The molecule has 3 aromatic rings. The van der Waals surface area contributed by atoms with Gasteiger partial charge in [0.15, 0.2) is 0 Å². The maximum atomic E-state index is 13.1. The number of aromatic nitrogens is 3. The van der Waals surface area contributed by atoms with Crippen molar-refractivity contribution in [2.75, 3.05) is 7.11 Å². The number of primary sulfonamides is 1. The van der Waals surface area contributed by atoms with Crippen LogP contribution in [0.5, 0.6) is 5.88 Å². The van der Waals surface area contributed by atoms with Gasteiger partial charge in [-0.2, -0.15) is 4.98 Å². The quantitative estimate of drug-likeness (QED) is 0.630. The van der Waals surface area contributed by atoms with E-state index in [2.05, 4.69) is 9.97 Å². The van der Waals surface area contributed by atoms with E-state index in [0.717, 1.165) is 12.8 Å². The Kier molecular flexibility index (Phi) is 4.96. The molecule has 1 aliphatic rings. The molecule has 0 atom stereocenters. The summed E-state index contributed by atoms with van der Waals surface area (Å²) in [5.41, 5.74) is 1.19. The molecule has 2 N–H and O–H groups in total. The van der Waals surface area contributed by atoms with Gasteiger partial charge >= 0.3 is 0 Å². The number of rotatable bonds is 6. The number of hydrogen-bond acceptors (Lipinski definition) is 5. The molecule has 0 unspecified atom stereocenters. The van der Waals surface area contributed by atoms with E-state index >= 15 is 0 Å². The van der Waals surface area contributed by atoms with Crippen LogP contribution in [0.4, 0.5) is 8.78 Å². The van der Waals surface area contributed by atoms with Gasteiger partial charge in [0.05, 0.1) is 18.3 Å².